The molecule has 5 heteroatoms. The number of nitrogens with zero attached hydrogens (tertiary/aromatic N) is 1. The number of carbonyl (C=O) groups excluding carboxylic acids is 2. The van der Waals surface area contributed by atoms with E-state index in [1.54, 1.807) is 0 Å². The largest absolute Gasteiger partial charge is 0.452 e. The van der Waals surface area contributed by atoms with Crippen LogP contribution in [0.1, 0.15) is 36.7 Å². The molecule has 1 heterocycles. The molecular weight excluding hydrogens is 352 g/mol. The van der Waals surface area contributed by atoms with Gasteiger partial charge in [0.2, 0.25) is 0 Å². The van der Waals surface area contributed by atoms with Crippen molar-refractivity contribution in [1.29, 1.82) is 0 Å². The molecule has 0 spiro atoms. The van der Waals surface area contributed by atoms with Crippen molar-refractivity contribution >= 4 is 22.8 Å². The van der Waals surface area contributed by atoms with Crippen LogP contribution >= 0.6 is 0 Å². The van der Waals surface area contributed by atoms with Crippen molar-refractivity contribution in [3.63, 3.8) is 0 Å². The van der Waals surface area contributed by atoms with Crippen LogP contribution in [-0.2, 0) is 9.53 Å². The van der Waals surface area contributed by atoms with Crippen molar-refractivity contribution in [2.24, 2.45) is 0 Å². The highest BCUT2D eigenvalue weighted by Crippen LogP contribution is 2.30. The Kier molecular flexibility index (Phi) is 5.45. The Morgan fingerprint density at radius 2 is 1.64 bits per heavy atom. The molecule has 3 rings (SSSR count). The predicted octanol–water partition coefficient (Wildman–Crippen LogP) is 4.28. The fourth-order valence-corrected chi connectivity index (χ4v) is 3.10. The molecular formula is C23H24N2O3. The fraction of sp³-hybridized carbons (Fsp3) is 0.261. The number of aromatic nitrogens is 1. The third kappa shape index (κ3) is 4.36. The second-order valence-corrected chi connectivity index (χ2v) is 7.72. The third-order valence-corrected chi connectivity index (χ3v) is 4.24. The zero-order chi connectivity index (χ0) is 20.3. The molecule has 1 amide bonds. The van der Waals surface area contributed by atoms with E-state index in [1.807, 2.05) is 82.3 Å². The molecule has 2 aromatic carbocycles. The van der Waals surface area contributed by atoms with Gasteiger partial charge in [0.1, 0.15) is 0 Å². The number of fused-ring (bicyclic) bond motifs is 1. The molecule has 0 bridgehead atoms. The van der Waals surface area contributed by atoms with Gasteiger partial charge >= 0.3 is 5.97 Å². The van der Waals surface area contributed by atoms with E-state index >= 15 is 0 Å². The van der Waals surface area contributed by atoms with Crippen molar-refractivity contribution in [3.05, 3.63) is 65.7 Å². The minimum atomic E-state index is -0.530. The van der Waals surface area contributed by atoms with Crippen LogP contribution in [0.4, 0.5) is 0 Å². The van der Waals surface area contributed by atoms with Gasteiger partial charge in [-0.2, -0.15) is 0 Å². The molecule has 28 heavy (non-hydrogen) atoms. The number of benzene rings is 2. The molecule has 0 atom stereocenters. The molecule has 0 aliphatic heterocycles. The monoisotopic (exact) mass is 376 g/mol. The molecule has 0 fully saturated rings. The number of amides is 1. The molecule has 5 nitrogen and oxygen atoms in total. The summed E-state index contributed by atoms with van der Waals surface area (Å²) in [5, 5.41) is 3.50. The predicted molar refractivity (Wildman–Crippen MR) is 110 cm³/mol. The van der Waals surface area contributed by atoms with Crippen LogP contribution in [0.15, 0.2) is 54.6 Å². The summed E-state index contributed by atoms with van der Waals surface area (Å²) in [5.74, 6) is -0.863. The van der Waals surface area contributed by atoms with Crippen molar-refractivity contribution in [2.75, 3.05) is 6.61 Å². The first kappa shape index (κ1) is 19.5. The Balaban J connectivity index is 1.98. The van der Waals surface area contributed by atoms with E-state index in [-0.39, 0.29) is 18.1 Å². The topological polar surface area (TPSA) is 68.3 Å². The molecule has 0 aliphatic rings. The standard InChI is InChI=1S/C23H24N2O3/c1-15-20(22(27)28-14-19(26)25-23(2,3)4)17-12-8-9-13-18(17)24-21(15)16-10-6-5-7-11-16/h5-13H,14H2,1-4H3,(H,25,26). The number of pyridine rings is 1. The lowest BCUT2D eigenvalue weighted by Crippen LogP contribution is -2.42. The van der Waals surface area contributed by atoms with Gasteiger partial charge in [0.05, 0.1) is 16.8 Å². The van der Waals surface area contributed by atoms with Gasteiger partial charge in [-0.25, -0.2) is 9.78 Å². The highest BCUT2D eigenvalue weighted by molar-refractivity contribution is 6.06. The lowest BCUT2D eigenvalue weighted by Gasteiger charge is -2.20. The minimum Gasteiger partial charge on any atom is -0.452 e. The summed E-state index contributed by atoms with van der Waals surface area (Å²) >= 11 is 0. The number of ether oxygens (including phenoxy) is 1. The molecule has 1 aromatic heterocycles. The van der Waals surface area contributed by atoms with E-state index in [2.05, 4.69) is 5.32 Å². The molecule has 144 valence electrons. The van der Waals surface area contributed by atoms with Crippen LogP contribution in [0.5, 0.6) is 0 Å². The van der Waals surface area contributed by atoms with Gasteiger partial charge in [-0.05, 0) is 39.3 Å². The third-order valence-electron chi connectivity index (χ3n) is 4.24. The molecule has 0 aliphatic carbocycles. The number of nitrogens with one attached hydrogen (secondary N) is 1. The summed E-state index contributed by atoms with van der Waals surface area (Å²) in [6, 6.07) is 17.1. The Labute approximate surface area is 164 Å². The van der Waals surface area contributed by atoms with Crippen LogP contribution in [-0.4, -0.2) is 29.0 Å². The van der Waals surface area contributed by atoms with E-state index in [0.717, 1.165) is 16.8 Å². The van der Waals surface area contributed by atoms with Gasteiger partial charge < -0.3 is 10.1 Å². The summed E-state index contributed by atoms with van der Waals surface area (Å²) in [6.07, 6.45) is 0. The maximum atomic E-state index is 12.9. The second kappa shape index (κ2) is 7.80. The van der Waals surface area contributed by atoms with E-state index in [1.165, 1.54) is 0 Å². The molecule has 0 saturated heterocycles. The summed E-state index contributed by atoms with van der Waals surface area (Å²) in [4.78, 5) is 29.7. The number of esters is 1. The Hall–Kier alpha value is -3.21. The van der Waals surface area contributed by atoms with Crippen molar-refractivity contribution in [2.45, 2.75) is 33.2 Å². The number of carbonyl (C=O) groups is 2. The van der Waals surface area contributed by atoms with Crippen LogP contribution in [0.3, 0.4) is 0 Å². The number of rotatable bonds is 4. The van der Waals surface area contributed by atoms with E-state index in [4.69, 9.17) is 9.72 Å². The van der Waals surface area contributed by atoms with Crippen molar-refractivity contribution in [3.8, 4) is 11.3 Å². The maximum Gasteiger partial charge on any atom is 0.339 e. The molecule has 0 saturated carbocycles. The number of hydrogen-bond donors (Lipinski definition) is 1. The van der Waals surface area contributed by atoms with Crippen molar-refractivity contribution in [1.82, 2.24) is 10.3 Å². The van der Waals surface area contributed by atoms with E-state index < -0.39 is 5.97 Å². The van der Waals surface area contributed by atoms with Gasteiger partial charge in [0.15, 0.2) is 6.61 Å². The minimum absolute atomic E-state index is 0.327. The smallest absolute Gasteiger partial charge is 0.339 e. The highest BCUT2D eigenvalue weighted by atomic mass is 16.5. The first-order chi connectivity index (χ1) is 13.3. The van der Waals surface area contributed by atoms with Gasteiger partial charge in [-0.1, -0.05) is 48.5 Å². The summed E-state index contributed by atoms with van der Waals surface area (Å²) in [6.45, 7) is 7.15. The van der Waals surface area contributed by atoms with E-state index in [0.29, 0.717) is 16.5 Å². The summed E-state index contributed by atoms with van der Waals surface area (Å²) in [7, 11) is 0. The van der Waals surface area contributed by atoms with Gasteiger partial charge in [-0.3, -0.25) is 4.79 Å². The zero-order valence-electron chi connectivity index (χ0n) is 16.6. The molecule has 0 unspecified atom stereocenters. The SMILES string of the molecule is Cc1c(-c2ccccc2)nc2ccccc2c1C(=O)OCC(=O)NC(C)(C)C. The van der Waals surface area contributed by atoms with Gasteiger partial charge in [-0.15, -0.1) is 0 Å². The van der Waals surface area contributed by atoms with Crippen LogP contribution in [0.25, 0.3) is 22.2 Å². The lowest BCUT2D eigenvalue weighted by molar-refractivity contribution is -0.125. The lowest BCUT2D eigenvalue weighted by atomic mass is 9.98. The average molecular weight is 376 g/mol. The fourth-order valence-electron chi connectivity index (χ4n) is 3.10. The number of para-hydroxylation sites is 1. The first-order valence-electron chi connectivity index (χ1n) is 9.19. The average Bonchev–Trinajstić information content (AvgIpc) is 2.65. The normalized spacial score (nSPS) is 11.3. The molecule has 1 N–H and O–H groups in total. The van der Waals surface area contributed by atoms with E-state index in [9.17, 15) is 9.59 Å². The molecule has 3 aromatic rings. The van der Waals surface area contributed by atoms with Gasteiger partial charge in [0.25, 0.3) is 5.91 Å². The van der Waals surface area contributed by atoms with Crippen LogP contribution < -0.4 is 5.32 Å². The summed E-state index contributed by atoms with van der Waals surface area (Å²) in [5.41, 5.74) is 3.14. The Bertz CT molecular complexity index is 1020. The summed E-state index contributed by atoms with van der Waals surface area (Å²) < 4.78 is 5.34. The zero-order valence-corrected chi connectivity index (χ0v) is 16.6. The van der Waals surface area contributed by atoms with Crippen LogP contribution in [0, 0.1) is 6.92 Å². The second-order valence-electron chi connectivity index (χ2n) is 7.72. The number of hydrogen-bond acceptors (Lipinski definition) is 4. The highest BCUT2D eigenvalue weighted by Gasteiger charge is 2.21. The Morgan fingerprint density at radius 3 is 2.32 bits per heavy atom. The Morgan fingerprint density at radius 1 is 1.00 bits per heavy atom. The van der Waals surface area contributed by atoms with Crippen molar-refractivity contribution < 1.29 is 14.3 Å². The van der Waals surface area contributed by atoms with Crippen LogP contribution in [0.2, 0.25) is 0 Å². The maximum absolute atomic E-state index is 12.9. The quantitative estimate of drug-likeness (QED) is 0.690. The first-order valence-corrected chi connectivity index (χ1v) is 9.19. The van der Waals surface area contributed by atoms with Gasteiger partial charge in [0, 0.05) is 16.5 Å². The molecule has 0 radical (unpaired) electrons.